The second kappa shape index (κ2) is 4.05. The van der Waals surface area contributed by atoms with Crippen molar-refractivity contribution in [3.05, 3.63) is 18.0 Å². The lowest BCUT2D eigenvalue weighted by molar-refractivity contribution is 0.723. The van der Waals surface area contributed by atoms with Crippen LogP contribution in [0.2, 0.25) is 0 Å². The molecule has 2 nitrogen and oxygen atoms in total. The van der Waals surface area contributed by atoms with Crippen molar-refractivity contribution in [2.45, 2.75) is 31.6 Å². The molecule has 0 amide bonds. The van der Waals surface area contributed by atoms with Crippen molar-refractivity contribution in [3.63, 3.8) is 0 Å². The van der Waals surface area contributed by atoms with Gasteiger partial charge in [0.25, 0.3) is 0 Å². The van der Waals surface area contributed by atoms with Crippen LogP contribution in [0.1, 0.15) is 37.2 Å². The number of hydrogen-bond donors (Lipinski definition) is 0. The van der Waals surface area contributed by atoms with E-state index >= 15 is 0 Å². The molecule has 1 aromatic heterocycles. The van der Waals surface area contributed by atoms with Crippen molar-refractivity contribution < 1.29 is 0 Å². The first kappa shape index (κ1) is 8.95. The second-order valence-corrected chi connectivity index (χ2v) is 5.36. The number of aromatic nitrogens is 2. The molecular formula is C8H12IN2P. The molecule has 0 aromatic carbocycles. The average molecular weight is 294 g/mol. The van der Waals surface area contributed by atoms with E-state index in [0.29, 0.717) is 0 Å². The minimum absolute atomic E-state index is 0.742. The highest BCUT2D eigenvalue weighted by Gasteiger charge is 2.17. The zero-order chi connectivity index (χ0) is 8.39. The van der Waals surface area contributed by atoms with Crippen LogP contribution < -0.4 is 0 Å². The number of rotatable bonds is 2. The summed E-state index contributed by atoms with van der Waals surface area (Å²) >= 11 is 2.36. The van der Waals surface area contributed by atoms with Crippen LogP contribution in [-0.2, 0) is 0 Å². The summed E-state index contributed by atoms with van der Waals surface area (Å²) in [7, 11) is 0. The number of hydrogen-bond acceptors (Lipinski definition) is 1. The zero-order valence-electron chi connectivity index (χ0n) is 6.83. The molecule has 4 heteroatoms. The minimum atomic E-state index is 0.742. The lowest BCUT2D eigenvalue weighted by atomic mass is 10.0. The Labute approximate surface area is 87.4 Å². The van der Waals surface area contributed by atoms with Gasteiger partial charge in [-0.25, -0.2) is 4.45 Å². The first-order valence-corrected chi connectivity index (χ1v) is 8.37. The van der Waals surface area contributed by atoms with E-state index in [9.17, 15) is 0 Å². The molecule has 0 aliphatic heterocycles. The predicted molar refractivity (Wildman–Crippen MR) is 61.2 cm³/mol. The van der Waals surface area contributed by atoms with Crippen LogP contribution in [0.4, 0.5) is 0 Å². The first-order chi connectivity index (χ1) is 5.90. The molecule has 0 saturated heterocycles. The molecule has 0 bridgehead atoms. The second-order valence-electron chi connectivity index (χ2n) is 3.28. The van der Waals surface area contributed by atoms with Crippen molar-refractivity contribution >= 4 is 28.4 Å². The van der Waals surface area contributed by atoms with Gasteiger partial charge in [-0.15, -0.1) is 0 Å². The lowest BCUT2D eigenvalue weighted by Gasteiger charge is -2.03. The molecule has 1 fully saturated rings. The molecule has 1 aliphatic rings. The first-order valence-electron chi connectivity index (χ1n) is 4.31. The predicted octanol–water partition coefficient (Wildman–Crippen LogP) is 3.33. The number of nitrogens with zero attached hydrogens (tertiary/aromatic N) is 2. The molecule has 1 aliphatic carbocycles. The maximum Gasteiger partial charge on any atom is 0.0677 e. The van der Waals surface area contributed by atoms with Crippen LogP contribution in [0, 0.1) is 0 Å². The molecule has 1 heterocycles. The Morgan fingerprint density at radius 1 is 1.50 bits per heavy atom. The van der Waals surface area contributed by atoms with E-state index in [1.807, 2.05) is 10.6 Å². The van der Waals surface area contributed by atoms with Gasteiger partial charge in [0.1, 0.15) is 0 Å². The summed E-state index contributed by atoms with van der Waals surface area (Å²) in [6.45, 7) is 0. The third-order valence-electron chi connectivity index (χ3n) is 2.52. The highest BCUT2D eigenvalue weighted by atomic mass is 127. The van der Waals surface area contributed by atoms with Crippen molar-refractivity contribution in [3.8, 4) is 0 Å². The van der Waals surface area contributed by atoms with Gasteiger partial charge in [0.05, 0.1) is 12.6 Å². The molecule has 66 valence electrons. The monoisotopic (exact) mass is 294 g/mol. The van der Waals surface area contributed by atoms with Crippen molar-refractivity contribution in [1.29, 1.82) is 0 Å². The Bertz CT molecular complexity index is 255. The third kappa shape index (κ3) is 1.82. The van der Waals surface area contributed by atoms with Crippen molar-refractivity contribution in [1.82, 2.24) is 9.55 Å². The van der Waals surface area contributed by atoms with Crippen LogP contribution in [-0.4, -0.2) is 9.55 Å². The molecule has 0 radical (unpaired) electrons. The van der Waals surface area contributed by atoms with E-state index in [4.69, 9.17) is 0 Å². The maximum atomic E-state index is 4.30. The molecule has 2 rings (SSSR count). The molecule has 1 unspecified atom stereocenters. The van der Waals surface area contributed by atoms with Crippen LogP contribution in [0.3, 0.4) is 0 Å². The van der Waals surface area contributed by atoms with Crippen LogP contribution in [0.25, 0.3) is 0 Å². The van der Waals surface area contributed by atoms with E-state index in [0.717, 1.165) is 12.3 Å². The lowest BCUT2D eigenvalue weighted by Crippen LogP contribution is -1.88. The summed E-state index contributed by atoms with van der Waals surface area (Å²) in [5, 5.41) is 4.30. The molecule has 0 spiro atoms. The molecular weight excluding hydrogens is 282 g/mol. The van der Waals surface area contributed by atoms with E-state index in [1.54, 1.807) is 0 Å². The topological polar surface area (TPSA) is 17.8 Å². The quantitative estimate of drug-likeness (QED) is 0.604. The fourth-order valence-electron chi connectivity index (χ4n) is 1.85. The Kier molecular flexibility index (Phi) is 3.02. The molecule has 12 heavy (non-hydrogen) atoms. The van der Waals surface area contributed by atoms with Gasteiger partial charge >= 0.3 is 0 Å². The normalized spacial score (nSPS) is 19.8. The van der Waals surface area contributed by atoms with Gasteiger partial charge < -0.3 is 0 Å². The van der Waals surface area contributed by atoms with Gasteiger partial charge in [0, 0.05) is 6.20 Å². The zero-order valence-corrected chi connectivity index (χ0v) is 9.99. The summed E-state index contributed by atoms with van der Waals surface area (Å²) in [5.74, 6) is 0.812. The van der Waals surface area contributed by atoms with Crippen LogP contribution >= 0.6 is 28.4 Å². The van der Waals surface area contributed by atoms with Gasteiger partial charge in [-0.05, 0) is 46.4 Å². The van der Waals surface area contributed by atoms with Crippen LogP contribution in [0.15, 0.2) is 12.4 Å². The average Bonchev–Trinajstić information content (AvgIpc) is 2.75. The largest absolute Gasteiger partial charge is 0.245 e. The summed E-state index contributed by atoms with van der Waals surface area (Å²) in [6.07, 6.45) is 10.5. The van der Waals surface area contributed by atoms with Gasteiger partial charge in [-0.2, -0.15) is 5.10 Å². The van der Waals surface area contributed by atoms with E-state index in [-0.39, 0.29) is 0 Å². The highest BCUT2D eigenvalue weighted by Crippen LogP contribution is 2.35. The summed E-state index contributed by atoms with van der Waals surface area (Å²) in [6, 6.07) is 0. The molecule has 1 saturated carbocycles. The van der Waals surface area contributed by atoms with E-state index in [2.05, 4.69) is 33.3 Å². The summed E-state index contributed by atoms with van der Waals surface area (Å²) in [5.41, 5.74) is 1.46. The Morgan fingerprint density at radius 2 is 2.25 bits per heavy atom. The summed E-state index contributed by atoms with van der Waals surface area (Å²) < 4.78 is 2.04. The van der Waals surface area contributed by atoms with Gasteiger partial charge in [-0.3, -0.25) is 0 Å². The van der Waals surface area contributed by atoms with Gasteiger partial charge in [-0.1, -0.05) is 12.8 Å². The third-order valence-corrected chi connectivity index (χ3v) is 4.42. The van der Waals surface area contributed by atoms with Gasteiger partial charge in [0.15, 0.2) is 0 Å². The number of halogens is 1. The molecule has 1 aromatic rings. The highest BCUT2D eigenvalue weighted by molar-refractivity contribution is 14.2. The Hall–Kier alpha value is 0.370. The maximum absolute atomic E-state index is 4.30. The van der Waals surface area contributed by atoms with Gasteiger partial charge in [0.2, 0.25) is 0 Å². The van der Waals surface area contributed by atoms with E-state index < -0.39 is 0 Å². The minimum Gasteiger partial charge on any atom is -0.245 e. The standard InChI is InChI=1S/C8H12IN2P/c9-12-11-6-8(5-10-11)7-3-1-2-4-7/h5-7,12H,1-4H2. The Balaban J connectivity index is 2.11. The SMILES string of the molecule is IPn1cc(C2CCCC2)cn1. The Morgan fingerprint density at radius 3 is 2.83 bits per heavy atom. The van der Waals surface area contributed by atoms with Crippen molar-refractivity contribution in [2.24, 2.45) is 0 Å². The fourth-order valence-corrected chi connectivity index (χ4v) is 2.94. The molecule has 1 atom stereocenters. The fraction of sp³-hybridized carbons (Fsp3) is 0.625. The smallest absolute Gasteiger partial charge is 0.0677 e. The van der Waals surface area contributed by atoms with Crippen LogP contribution in [0.5, 0.6) is 0 Å². The van der Waals surface area contributed by atoms with E-state index in [1.165, 1.54) is 31.2 Å². The molecule has 0 N–H and O–H groups in total. The summed E-state index contributed by atoms with van der Waals surface area (Å²) in [4.78, 5) is 0. The van der Waals surface area contributed by atoms with Crippen molar-refractivity contribution in [2.75, 3.05) is 0 Å².